The second kappa shape index (κ2) is 4.99. The Morgan fingerprint density at radius 1 is 1.31 bits per heavy atom. The molecule has 0 N–H and O–H groups in total. The van der Waals surface area contributed by atoms with Gasteiger partial charge in [-0.15, -0.1) is 0 Å². The van der Waals surface area contributed by atoms with E-state index in [-0.39, 0.29) is 4.87 Å². The van der Waals surface area contributed by atoms with E-state index in [1.54, 1.807) is 11.7 Å². The Labute approximate surface area is 97.9 Å². The first-order valence-electron chi connectivity index (χ1n) is 5.06. The molecule has 16 heavy (non-hydrogen) atoms. The Bertz CT molecular complexity index is 498. The van der Waals surface area contributed by atoms with Crippen molar-refractivity contribution in [2.24, 2.45) is 0 Å². The first-order valence-corrected chi connectivity index (χ1v) is 5.94. The van der Waals surface area contributed by atoms with E-state index in [4.69, 9.17) is 4.74 Å². The van der Waals surface area contributed by atoms with Gasteiger partial charge in [-0.25, -0.2) is 0 Å². The maximum Gasteiger partial charge on any atom is 0.307 e. The lowest BCUT2D eigenvalue weighted by atomic mass is 10.1. The van der Waals surface area contributed by atoms with Crippen molar-refractivity contribution in [2.45, 2.75) is 13.0 Å². The summed E-state index contributed by atoms with van der Waals surface area (Å²) in [7, 11) is 1.65. The number of thiazole rings is 1. The number of rotatable bonds is 4. The highest BCUT2D eigenvalue weighted by Crippen LogP contribution is 2.11. The highest BCUT2D eigenvalue weighted by Gasteiger charge is 1.98. The number of ether oxygens (including phenoxy) is 1. The van der Waals surface area contributed by atoms with Crippen LogP contribution in [0, 0.1) is 0 Å². The van der Waals surface area contributed by atoms with E-state index in [0.29, 0.717) is 0 Å². The minimum absolute atomic E-state index is 0.105. The lowest BCUT2D eigenvalue weighted by Gasteiger charge is -2.03. The Morgan fingerprint density at radius 2 is 2.06 bits per heavy atom. The van der Waals surface area contributed by atoms with Gasteiger partial charge in [0.15, 0.2) is 0 Å². The lowest BCUT2D eigenvalue weighted by molar-refractivity contribution is 0.414. The van der Waals surface area contributed by atoms with Crippen molar-refractivity contribution >= 4 is 11.3 Å². The Morgan fingerprint density at radius 3 is 2.62 bits per heavy atom. The fourth-order valence-corrected chi connectivity index (χ4v) is 2.11. The van der Waals surface area contributed by atoms with Gasteiger partial charge in [-0.2, -0.15) is 0 Å². The molecule has 0 radical (unpaired) electrons. The molecule has 2 rings (SSSR count). The molecule has 0 aliphatic heterocycles. The Balaban J connectivity index is 2.00. The van der Waals surface area contributed by atoms with E-state index in [1.807, 2.05) is 35.8 Å². The SMILES string of the molecule is COc1ccc(CCn2ccsc2=O)cc1. The molecule has 1 aromatic carbocycles. The lowest BCUT2D eigenvalue weighted by Crippen LogP contribution is -2.13. The largest absolute Gasteiger partial charge is 0.497 e. The summed E-state index contributed by atoms with van der Waals surface area (Å²) < 4.78 is 6.82. The first kappa shape index (κ1) is 11.0. The number of benzene rings is 1. The van der Waals surface area contributed by atoms with Crippen LogP contribution in [0.25, 0.3) is 0 Å². The van der Waals surface area contributed by atoms with Crippen molar-refractivity contribution in [2.75, 3.05) is 7.11 Å². The van der Waals surface area contributed by atoms with Crippen LogP contribution in [0.3, 0.4) is 0 Å². The van der Waals surface area contributed by atoms with Gasteiger partial charge in [0.25, 0.3) is 0 Å². The van der Waals surface area contributed by atoms with Crippen LogP contribution >= 0.6 is 11.3 Å². The van der Waals surface area contributed by atoms with E-state index in [1.165, 1.54) is 16.9 Å². The van der Waals surface area contributed by atoms with Gasteiger partial charge in [-0.1, -0.05) is 23.5 Å². The van der Waals surface area contributed by atoms with Crippen LogP contribution in [-0.4, -0.2) is 11.7 Å². The molecule has 2 aromatic rings. The average Bonchev–Trinajstić information content (AvgIpc) is 2.73. The molecule has 4 heteroatoms. The van der Waals surface area contributed by atoms with E-state index in [2.05, 4.69) is 0 Å². The predicted molar refractivity (Wildman–Crippen MR) is 65.3 cm³/mol. The summed E-state index contributed by atoms with van der Waals surface area (Å²) in [5.41, 5.74) is 1.21. The summed E-state index contributed by atoms with van der Waals surface area (Å²) in [5.74, 6) is 0.858. The third-order valence-corrected chi connectivity index (χ3v) is 3.14. The van der Waals surface area contributed by atoms with E-state index < -0.39 is 0 Å². The fourth-order valence-electron chi connectivity index (χ4n) is 1.50. The van der Waals surface area contributed by atoms with Crippen LogP contribution < -0.4 is 9.61 Å². The number of aryl methyl sites for hydroxylation is 2. The first-order chi connectivity index (χ1) is 7.79. The van der Waals surface area contributed by atoms with E-state index >= 15 is 0 Å². The number of methoxy groups -OCH3 is 1. The zero-order chi connectivity index (χ0) is 11.4. The Kier molecular flexibility index (Phi) is 3.41. The van der Waals surface area contributed by atoms with Crippen LogP contribution in [0.4, 0.5) is 0 Å². The smallest absolute Gasteiger partial charge is 0.307 e. The van der Waals surface area contributed by atoms with Gasteiger partial charge >= 0.3 is 4.87 Å². The molecule has 0 atom stereocenters. The van der Waals surface area contributed by atoms with Gasteiger partial charge in [0.2, 0.25) is 0 Å². The van der Waals surface area contributed by atoms with E-state index in [9.17, 15) is 4.79 Å². The third kappa shape index (κ3) is 2.52. The summed E-state index contributed by atoms with van der Waals surface area (Å²) in [5, 5.41) is 1.82. The summed E-state index contributed by atoms with van der Waals surface area (Å²) in [4.78, 5) is 11.4. The van der Waals surface area contributed by atoms with Gasteiger partial charge in [0.05, 0.1) is 7.11 Å². The normalized spacial score (nSPS) is 10.3. The fraction of sp³-hybridized carbons (Fsp3) is 0.250. The molecule has 0 unspecified atom stereocenters. The summed E-state index contributed by atoms with van der Waals surface area (Å²) in [6.07, 6.45) is 2.69. The molecule has 0 saturated heterocycles. The van der Waals surface area contributed by atoms with Crippen molar-refractivity contribution in [1.82, 2.24) is 4.57 Å². The van der Waals surface area contributed by atoms with Gasteiger partial charge in [0.1, 0.15) is 5.75 Å². The maximum absolute atomic E-state index is 11.3. The summed E-state index contributed by atoms with van der Waals surface area (Å²) >= 11 is 1.23. The van der Waals surface area contributed by atoms with Crippen molar-refractivity contribution < 1.29 is 4.74 Å². The third-order valence-electron chi connectivity index (χ3n) is 2.44. The average molecular weight is 235 g/mol. The molecular weight excluding hydrogens is 222 g/mol. The van der Waals surface area contributed by atoms with Crippen LogP contribution in [0.1, 0.15) is 5.56 Å². The predicted octanol–water partition coefficient (Wildman–Crippen LogP) is 2.16. The number of aromatic nitrogens is 1. The van der Waals surface area contributed by atoms with Crippen LogP contribution in [0.2, 0.25) is 0 Å². The van der Waals surface area contributed by atoms with Crippen molar-refractivity contribution in [3.63, 3.8) is 0 Å². The van der Waals surface area contributed by atoms with Crippen molar-refractivity contribution in [3.8, 4) is 5.75 Å². The van der Waals surface area contributed by atoms with Crippen molar-refractivity contribution in [1.29, 1.82) is 0 Å². The number of nitrogens with zero attached hydrogens (tertiary/aromatic N) is 1. The zero-order valence-corrected chi connectivity index (χ0v) is 9.87. The highest BCUT2D eigenvalue weighted by molar-refractivity contribution is 7.07. The second-order valence-corrected chi connectivity index (χ2v) is 4.32. The van der Waals surface area contributed by atoms with Crippen LogP contribution in [0.15, 0.2) is 40.6 Å². The summed E-state index contributed by atoms with van der Waals surface area (Å²) in [6, 6.07) is 7.92. The quantitative estimate of drug-likeness (QED) is 0.813. The molecule has 0 aliphatic carbocycles. The van der Waals surface area contributed by atoms with Gasteiger partial charge < -0.3 is 9.30 Å². The van der Waals surface area contributed by atoms with Crippen LogP contribution in [-0.2, 0) is 13.0 Å². The van der Waals surface area contributed by atoms with Gasteiger partial charge in [-0.3, -0.25) is 4.79 Å². The maximum atomic E-state index is 11.3. The molecular formula is C12H13NO2S. The number of hydrogen-bond acceptors (Lipinski definition) is 3. The molecule has 3 nitrogen and oxygen atoms in total. The molecule has 0 bridgehead atoms. The molecule has 0 amide bonds. The topological polar surface area (TPSA) is 31.2 Å². The second-order valence-electron chi connectivity index (χ2n) is 3.46. The Hall–Kier alpha value is -1.55. The van der Waals surface area contributed by atoms with Gasteiger partial charge in [-0.05, 0) is 24.1 Å². The van der Waals surface area contributed by atoms with Gasteiger partial charge in [0, 0.05) is 18.1 Å². The molecule has 0 spiro atoms. The number of hydrogen-bond donors (Lipinski definition) is 0. The zero-order valence-electron chi connectivity index (χ0n) is 9.05. The van der Waals surface area contributed by atoms with E-state index in [0.717, 1.165) is 18.7 Å². The monoisotopic (exact) mass is 235 g/mol. The molecule has 1 heterocycles. The van der Waals surface area contributed by atoms with Crippen molar-refractivity contribution in [3.05, 3.63) is 51.1 Å². The minimum Gasteiger partial charge on any atom is -0.497 e. The molecule has 84 valence electrons. The minimum atomic E-state index is 0.105. The standard InChI is InChI=1S/C12H13NO2S/c1-15-11-4-2-10(3-5-11)6-7-13-8-9-16-12(13)14/h2-5,8-9H,6-7H2,1H3. The summed E-state index contributed by atoms with van der Waals surface area (Å²) in [6.45, 7) is 0.731. The van der Waals surface area contributed by atoms with Crippen LogP contribution in [0.5, 0.6) is 5.75 Å². The molecule has 0 saturated carbocycles. The molecule has 0 aliphatic rings. The highest BCUT2D eigenvalue weighted by atomic mass is 32.1. The molecule has 1 aromatic heterocycles. The molecule has 0 fully saturated rings.